The molecule has 2 heterocycles. The number of nitro benzene ring substituents is 1. The molecule has 0 amide bonds. The van der Waals surface area contributed by atoms with Crippen molar-refractivity contribution in [2.75, 3.05) is 16.5 Å². The number of thioether (sulfide) groups is 1. The van der Waals surface area contributed by atoms with Crippen molar-refractivity contribution in [3.05, 3.63) is 129 Å². The Kier molecular flexibility index (Phi) is 7.15. The number of ether oxygens (including phenoxy) is 1. The van der Waals surface area contributed by atoms with Crippen LogP contribution in [0.3, 0.4) is 0 Å². The van der Waals surface area contributed by atoms with Crippen LogP contribution in [-0.2, 0) is 15.2 Å². The van der Waals surface area contributed by atoms with Gasteiger partial charge in [-0.1, -0.05) is 66.2 Å². The summed E-state index contributed by atoms with van der Waals surface area (Å²) in [4.78, 5) is 27.5. The maximum Gasteiger partial charge on any atom is 0.376 e. The monoisotopic (exact) mass is 584 g/mol. The second-order valence-electron chi connectivity index (χ2n) is 9.58. The summed E-state index contributed by atoms with van der Waals surface area (Å²) in [6.07, 6.45) is 0.475. The number of hydrogen-bond donors (Lipinski definition) is 0. The van der Waals surface area contributed by atoms with Crippen LogP contribution in [0.15, 0.2) is 113 Å². The number of nitro groups is 1. The number of non-ortho nitro benzene ring substituents is 1. The quantitative estimate of drug-likeness (QED) is 0.131. The molecule has 0 radical (unpaired) electrons. The van der Waals surface area contributed by atoms with Crippen LogP contribution in [0.2, 0.25) is 5.02 Å². The fourth-order valence-corrected chi connectivity index (χ4v) is 6.91. The summed E-state index contributed by atoms with van der Waals surface area (Å²) in [6.45, 7) is 1.97. The number of amidine groups is 1. The average Bonchev–Trinajstić information content (AvgIpc) is 3.25. The maximum absolute atomic E-state index is 13.6. The zero-order chi connectivity index (χ0) is 28.6. The van der Waals surface area contributed by atoms with Gasteiger partial charge in [-0.15, -0.1) is 16.9 Å². The SMILES string of the molecule is CCOC(=O)C1=NN(c2ccc(Cl)cc2)C2(c3ccccc3)CC(c3ccc([N+](=O)[O-])cc3)Sc3ccccc3N12. The molecule has 41 heavy (non-hydrogen) atoms. The number of rotatable bonds is 6. The molecular weight excluding hydrogens is 560 g/mol. The Hall–Kier alpha value is -4.34. The molecule has 0 aliphatic carbocycles. The van der Waals surface area contributed by atoms with Gasteiger partial charge in [0.1, 0.15) is 0 Å². The first-order valence-corrected chi connectivity index (χ1v) is 14.4. The molecule has 2 aliphatic rings. The van der Waals surface area contributed by atoms with Gasteiger partial charge in [0.25, 0.3) is 5.69 Å². The number of hydrazone groups is 1. The van der Waals surface area contributed by atoms with Gasteiger partial charge in [-0.25, -0.2) is 9.80 Å². The Balaban J connectivity index is 1.63. The van der Waals surface area contributed by atoms with Crippen molar-refractivity contribution >= 4 is 52.2 Å². The lowest BCUT2D eigenvalue weighted by Crippen LogP contribution is -2.55. The summed E-state index contributed by atoms with van der Waals surface area (Å²) in [6, 6.07) is 31.9. The second kappa shape index (κ2) is 10.9. The first kappa shape index (κ1) is 26.9. The van der Waals surface area contributed by atoms with Crippen molar-refractivity contribution in [2.45, 2.75) is 29.2 Å². The second-order valence-corrected chi connectivity index (χ2v) is 11.3. The van der Waals surface area contributed by atoms with Crippen LogP contribution >= 0.6 is 23.4 Å². The van der Waals surface area contributed by atoms with Gasteiger partial charge < -0.3 is 4.74 Å². The number of halogens is 1. The highest BCUT2D eigenvalue weighted by atomic mass is 35.5. The van der Waals surface area contributed by atoms with E-state index in [1.54, 1.807) is 30.8 Å². The van der Waals surface area contributed by atoms with Gasteiger partial charge >= 0.3 is 5.97 Å². The first-order valence-electron chi connectivity index (χ1n) is 13.1. The fourth-order valence-electron chi connectivity index (χ4n) is 5.43. The molecule has 4 aromatic carbocycles. The van der Waals surface area contributed by atoms with E-state index in [9.17, 15) is 14.9 Å². The van der Waals surface area contributed by atoms with Crippen LogP contribution in [0.5, 0.6) is 0 Å². The topological polar surface area (TPSA) is 88.3 Å². The van der Waals surface area contributed by atoms with Crippen LogP contribution in [0.25, 0.3) is 0 Å². The van der Waals surface area contributed by atoms with Crippen molar-refractivity contribution in [3.8, 4) is 0 Å². The molecule has 206 valence electrons. The molecule has 6 rings (SSSR count). The number of esters is 1. The third-order valence-corrected chi connectivity index (χ3v) is 8.79. The largest absolute Gasteiger partial charge is 0.460 e. The normalized spacial score (nSPS) is 19.6. The molecule has 0 bridgehead atoms. The summed E-state index contributed by atoms with van der Waals surface area (Å²) in [5.74, 6) is -0.360. The van der Waals surface area contributed by atoms with E-state index in [4.69, 9.17) is 21.4 Å². The van der Waals surface area contributed by atoms with E-state index >= 15 is 0 Å². The number of carbonyl (C=O) groups excluding carboxylic acids is 1. The third kappa shape index (κ3) is 4.71. The summed E-state index contributed by atoms with van der Waals surface area (Å²) >= 11 is 7.92. The maximum atomic E-state index is 13.6. The molecule has 8 nitrogen and oxygen atoms in total. The standard InChI is InChI=1S/C31H25ClN4O4S/c1-2-40-30(37)29-33-35(24-18-14-23(32)15-19-24)31(22-8-4-3-5-9-22)20-28(21-12-16-25(17-13-21)36(38)39)41-27-11-7-6-10-26(27)34(29)31/h3-19,28H,2,20H2,1H3. The Bertz CT molecular complexity index is 1630. The highest BCUT2D eigenvalue weighted by Crippen LogP contribution is 2.57. The molecule has 0 N–H and O–H groups in total. The smallest absolute Gasteiger partial charge is 0.376 e. The van der Waals surface area contributed by atoms with E-state index < -0.39 is 16.6 Å². The van der Waals surface area contributed by atoms with Gasteiger partial charge in [0.05, 0.1) is 22.9 Å². The molecule has 2 atom stereocenters. The van der Waals surface area contributed by atoms with Gasteiger partial charge in [0.2, 0.25) is 5.84 Å². The van der Waals surface area contributed by atoms with Gasteiger partial charge in [0.15, 0.2) is 5.66 Å². The number of fused-ring (bicyclic) bond motifs is 3. The molecule has 0 saturated heterocycles. The van der Waals surface area contributed by atoms with E-state index in [0.717, 1.165) is 27.4 Å². The summed E-state index contributed by atoms with van der Waals surface area (Å²) < 4.78 is 5.53. The summed E-state index contributed by atoms with van der Waals surface area (Å²) in [5.41, 5.74) is 2.44. The molecule has 10 heteroatoms. The molecule has 0 aromatic heterocycles. The van der Waals surface area contributed by atoms with Gasteiger partial charge in [-0.05, 0) is 48.9 Å². The molecule has 0 saturated carbocycles. The van der Waals surface area contributed by atoms with Crippen molar-refractivity contribution in [3.63, 3.8) is 0 Å². The Morgan fingerprint density at radius 3 is 2.39 bits per heavy atom. The number of anilines is 2. The number of nitrogens with zero attached hydrogens (tertiary/aromatic N) is 4. The van der Waals surface area contributed by atoms with Gasteiger partial charge in [0, 0.05) is 39.3 Å². The van der Waals surface area contributed by atoms with Crippen LogP contribution < -0.4 is 9.91 Å². The predicted molar refractivity (Wildman–Crippen MR) is 161 cm³/mol. The minimum Gasteiger partial charge on any atom is -0.460 e. The zero-order valence-corrected chi connectivity index (χ0v) is 23.6. The van der Waals surface area contributed by atoms with Crippen LogP contribution in [-0.4, -0.2) is 23.3 Å². The van der Waals surface area contributed by atoms with E-state index in [0.29, 0.717) is 11.4 Å². The lowest BCUT2D eigenvalue weighted by molar-refractivity contribution is -0.384. The number of hydrogen-bond acceptors (Lipinski definition) is 8. The highest BCUT2D eigenvalue weighted by Gasteiger charge is 2.56. The third-order valence-electron chi connectivity index (χ3n) is 7.21. The van der Waals surface area contributed by atoms with Crippen LogP contribution in [0, 0.1) is 10.1 Å². The molecule has 4 aromatic rings. The lowest BCUT2D eigenvalue weighted by Gasteiger charge is -2.45. The summed E-state index contributed by atoms with van der Waals surface area (Å²) in [5, 5.41) is 18.7. The highest BCUT2D eigenvalue weighted by molar-refractivity contribution is 7.99. The van der Waals surface area contributed by atoms with E-state index in [1.165, 1.54) is 12.1 Å². The Morgan fingerprint density at radius 2 is 1.71 bits per heavy atom. The average molecular weight is 585 g/mol. The van der Waals surface area contributed by atoms with E-state index in [2.05, 4.69) is 0 Å². The number of para-hydroxylation sites is 1. The fraction of sp³-hybridized carbons (Fsp3) is 0.161. The van der Waals surface area contributed by atoms with Gasteiger partial charge in [-0.3, -0.25) is 15.0 Å². The van der Waals surface area contributed by atoms with Crippen molar-refractivity contribution in [1.29, 1.82) is 0 Å². The van der Waals surface area contributed by atoms with Gasteiger partial charge in [-0.2, -0.15) is 0 Å². The minimum atomic E-state index is -0.997. The predicted octanol–water partition coefficient (Wildman–Crippen LogP) is 7.54. The minimum absolute atomic E-state index is 0.0313. The lowest BCUT2D eigenvalue weighted by atomic mass is 9.88. The number of benzene rings is 4. The Morgan fingerprint density at radius 1 is 1.02 bits per heavy atom. The van der Waals surface area contributed by atoms with Crippen LogP contribution in [0.1, 0.15) is 29.7 Å². The Labute approximate surface area is 246 Å². The first-order chi connectivity index (χ1) is 19.9. The molecule has 2 aliphatic heterocycles. The molecule has 2 unspecified atom stereocenters. The van der Waals surface area contributed by atoms with Crippen molar-refractivity contribution < 1.29 is 14.5 Å². The zero-order valence-electron chi connectivity index (χ0n) is 22.0. The van der Waals surface area contributed by atoms with E-state index in [1.807, 2.05) is 88.8 Å². The van der Waals surface area contributed by atoms with Crippen molar-refractivity contribution in [2.24, 2.45) is 5.10 Å². The molecular formula is C31H25ClN4O4S. The van der Waals surface area contributed by atoms with E-state index in [-0.39, 0.29) is 23.4 Å². The summed E-state index contributed by atoms with van der Waals surface area (Å²) in [7, 11) is 0. The number of carbonyl (C=O) groups is 1. The van der Waals surface area contributed by atoms with Crippen molar-refractivity contribution in [1.82, 2.24) is 0 Å². The molecule has 0 spiro atoms. The molecule has 0 fully saturated rings. The van der Waals surface area contributed by atoms with Crippen LogP contribution in [0.4, 0.5) is 17.1 Å².